The molecule has 8 N–H and O–H groups in total. The lowest BCUT2D eigenvalue weighted by atomic mass is 9.97. The summed E-state index contributed by atoms with van der Waals surface area (Å²) in [6.45, 7) is 3.95. The molecule has 0 aromatic rings. The molecular formula is C16H28N4O8. The number of rotatable bonds is 12. The van der Waals surface area contributed by atoms with Gasteiger partial charge in [-0.1, -0.05) is 20.3 Å². The average Bonchev–Trinajstić information content (AvgIpc) is 2.61. The van der Waals surface area contributed by atoms with E-state index < -0.39 is 72.8 Å². The predicted molar refractivity (Wildman–Crippen MR) is 95.9 cm³/mol. The largest absolute Gasteiger partial charge is 0.481 e. The summed E-state index contributed by atoms with van der Waals surface area (Å²) in [7, 11) is 0. The third-order valence-corrected chi connectivity index (χ3v) is 4.04. The molecule has 0 aliphatic carbocycles. The molecule has 0 heterocycles. The van der Waals surface area contributed by atoms with Gasteiger partial charge in [0.1, 0.15) is 24.7 Å². The molecule has 0 aliphatic heterocycles. The number of nitrogens with two attached hydrogens (primary N) is 1. The summed E-state index contributed by atoms with van der Waals surface area (Å²) in [6.07, 6.45) is -1.50. The lowest BCUT2D eigenvalue weighted by Gasteiger charge is -2.27. The van der Waals surface area contributed by atoms with Crippen molar-refractivity contribution in [3.05, 3.63) is 0 Å². The van der Waals surface area contributed by atoms with E-state index in [4.69, 9.17) is 15.9 Å². The summed E-state index contributed by atoms with van der Waals surface area (Å²) in [4.78, 5) is 58.2. The van der Waals surface area contributed by atoms with Gasteiger partial charge in [0.15, 0.2) is 0 Å². The molecule has 0 saturated heterocycles. The van der Waals surface area contributed by atoms with Crippen molar-refractivity contribution in [1.29, 1.82) is 0 Å². The fourth-order valence-electron chi connectivity index (χ4n) is 2.10. The summed E-state index contributed by atoms with van der Waals surface area (Å²) in [5, 5.41) is 33.5. The van der Waals surface area contributed by atoms with Crippen molar-refractivity contribution in [3.63, 3.8) is 0 Å². The zero-order valence-corrected chi connectivity index (χ0v) is 16.0. The maximum absolute atomic E-state index is 12.6. The molecule has 5 unspecified atom stereocenters. The quantitative estimate of drug-likeness (QED) is 0.181. The molecule has 0 aromatic carbocycles. The highest BCUT2D eigenvalue weighted by Gasteiger charge is 2.32. The van der Waals surface area contributed by atoms with Gasteiger partial charge in [0.2, 0.25) is 17.7 Å². The van der Waals surface area contributed by atoms with Gasteiger partial charge in [-0.25, -0.2) is 0 Å². The SMILES string of the molecule is CCC(C)C(NC(=O)C(N)C(C)O)C(=O)NC(CC(=O)O)C(=O)NCC(=O)O. The minimum Gasteiger partial charge on any atom is -0.481 e. The Labute approximate surface area is 161 Å². The number of carbonyl (C=O) groups is 5. The number of hydrogen-bond acceptors (Lipinski definition) is 7. The van der Waals surface area contributed by atoms with Gasteiger partial charge in [0.05, 0.1) is 12.5 Å². The van der Waals surface area contributed by atoms with Crippen LogP contribution >= 0.6 is 0 Å². The first-order valence-electron chi connectivity index (χ1n) is 8.66. The molecule has 5 atom stereocenters. The van der Waals surface area contributed by atoms with Crippen LogP contribution in [0.4, 0.5) is 0 Å². The van der Waals surface area contributed by atoms with Crippen LogP contribution in [0.25, 0.3) is 0 Å². The molecule has 0 fully saturated rings. The number of nitrogens with one attached hydrogen (secondary N) is 3. The molecule has 0 rings (SSSR count). The maximum Gasteiger partial charge on any atom is 0.322 e. The number of aliphatic hydroxyl groups excluding tert-OH is 1. The van der Waals surface area contributed by atoms with Crippen LogP contribution in [0.1, 0.15) is 33.6 Å². The van der Waals surface area contributed by atoms with Crippen LogP contribution in [-0.4, -0.2) is 75.8 Å². The normalized spacial score (nSPS) is 16.0. The van der Waals surface area contributed by atoms with Gasteiger partial charge in [-0.2, -0.15) is 0 Å². The number of carboxylic acid groups (broad SMARTS) is 2. The van der Waals surface area contributed by atoms with E-state index in [9.17, 15) is 29.1 Å². The van der Waals surface area contributed by atoms with Crippen LogP contribution in [0.3, 0.4) is 0 Å². The van der Waals surface area contributed by atoms with E-state index in [0.29, 0.717) is 6.42 Å². The van der Waals surface area contributed by atoms with Gasteiger partial charge in [0, 0.05) is 0 Å². The van der Waals surface area contributed by atoms with E-state index >= 15 is 0 Å². The Hall–Kier alpha value is -2.73. The lowest BCUT2D eigenvalue weighted by molar-refractivity contribution is -0.142. The number of aliphatic carboxylic acids is 2. The van der Waals surface area contributed by atoms with Crippen LogP contribution in [0.2, 0.25) is 0 Å². The number of aliphatic hydroxyl groups is 1. The van der Waals surface area contributed by atoms with Crippen LogP contribution < -0.4 is 21.7 Å². The topological polar surface area (TPSA) is 208 Å². The van der Waals surface area contributed by atoms with Gasteiger partial charge in [-0.15, -0.1) is 0 Å². The molecule has 3 amide bonds. The monoisotopic (exact) mass is 404 g/mol. The highest BCUT2D eigenvalue weighted by atomic mass is 16.4. The third kappa shape index (κ3) is 8.77. The van der Waals surface area contributed by atoms with Crippen LogP contribution in [0.15, 0.2) is 0 Å². The third-order valence-electron chi connectivity index (χ3n) is 4.04. The predicted octanol–water partition coefficient (Wildman–Crippen LogP) is -2.61. The Kier molecular flexibility index (Phi) is 10.7. The molecule has 160 valence electrons. The van der Waals surface area contributed by atoms with Crippen molar-refractivity contribution in [2.75, 3.05) is 6.54 Å². The van der Waals surface area contributed by atoms with Gasteiger partial charge in [0.25, 0.3) is 0 Å². The van der Waals surface area contributed by atoms with E-state index in [0.717, 1.165) is 0 Å². The fourth-order valence-corrected chi connectivity index (χ4v) is 2.10. The van der Waals surface area contributed by atoms with E-state index in [1.54, 1.807) is 13.8 Å². The number of amides is 3. The molecule has 0 bridgehead atoms. The van der Waals surface area contributed by atoms with Crippen molar-refractivity contribution >= 4 is 29.7 Å². The van der Waals surface area contributed by atoms with Crippen LogP contribution in [-0.2, 0) is 24.0 Å². The molecule has 28 heavy (non-hydrogen) atoms. The number of carboxylic acids is 2. The summed E-state index contributed by atoms with van der Waals surface area (Å²) in [5.74, 6) is -5.76. The lowest BCUT2D eigenvalue weighted by Crippen LogP contribution is -2.59. The Morgan fingerprint density at radius 3 is 1.93 bits per heavy atom. The second-order valence-corrected chi connectivity index (χ2v) is 6.41. The first kappa shape index (κ1) is 25.3. The molecule has 12 heteroatoms. The Balaban J connectivity index is 5.34. The molecule has 0 saturated carbocycles. The average molecular weight is 404 g/mol. The standard InChI is InChI=1S/C16H28N4O8/c1-4-7(2)13(20-15(27)12(17)8(3)21)16(28)19-9(5-10(22)23)14(26)18-6-11(24)25/h7-9,12-13,21H,4-6,17H2,1-3H3,(H,18,26)(H,19,28)(H,20,27)(H,22,23)(H,24,25). The van der Waals surface area contributed by atoms with Gasteiger partial charge < -0.3 is 37.0 Å². The van der Waals surface area contributed by atoms with Gasteiger partial charge in [-0.3, -0.25) is 24.0 Å². The highest BCUT2D eigenvalue weighted by Crippen LogP contribution is 2.09. The highest BCUT2D eigenvalue weighted by molar-refractivity contribution is 5.95. The van der Waals surface area contributed by atoms with E-state index in [2.05, 4.69) is 10.6 Å². The van der Waals surface area contributed by atoms with Gasteiger partial charge in [-0.05, 0) is 12.8 Å². The number of hydrogen-bond donors (Lipinski definition) is 7. The second-order valence-electron chi connectivity index (χ2n) is 6.41. The molecule has 0 radical (unpaired) electrons. The summed E-state index contributed by atoms with van der Waals surface area (Å²) >= 11 is 0. The zero-order chi connectivity index (χ0) is 22.0. The van der Waals surface area contributed by atoms with Crippen molar-refractivity contribution < 1.29 is 39.3 Å². The zero-order valence-electron chi connectivity index (χ0n) is 16.0. The Bertz CT molecular complexity index is 595. The fraction of sp³-hybridized carbons (Fsp3) is 0.688. The minimum atomic E-state index is -1.54. The number of carbonyl (C=O) groups excluding carboxylic acids is 3. The summed E-state index contributed by atoms with van der Waals surface area (Å²) in [6, 6.07) is -3.97. The minimum absolute atomic E-state index is 0.405. The molecule has 0 aromatic heterocycles. The molecule has 0 aliphatic rings. The van der Waals surface area contributed by atoms with Crippen molar-refractivity contribution in [2.45, 2.75) is 57.8 Å². The van der Waals surface area contributed by atoms with Crippen LogP contribution in [0, 0.1) is 5.92 Å². The molecule has 0 spiro atoms. The van der Waals surface area contributed by atoms with E-state index in [1.165, 1.54) is 6.92 Å². The maximum atomic E-state index is 12.6. The smallest absolute Gasteiger partial charge is 0.322 e. The molecular weight excluding hydrogens is 376 g/mol. The summed E-state index contributed by atoms with van der Waals surface area (Å²) in [5.41, 5.74) is 5.54. The Morgan fingerprint density at radius 1 is 0.929 bits per heavy atom. The van der Waals surface area contributed by atoms with Crippen molar-refractivity contribution in [3.8, 4) is 0 Å². The Morgan fingerprint density at radius 2 is 1.50 bits per heavy atom. The van der Waals surface area contributed by atoms with Crippen molar-refractivity contribution in [1.82, 2.24) is 16.0 Å². The second kappa shape index (κ2) is 11.9. The van der Waals surface area contributed by atoms with E-state index in [1.807, 2.05) is 5.32 Å². The summed E-state index contributed by atoms with van der Waals surface area (Å²) < 4.78 is 0. The first-order valence-corrected chi connectivity index (χ1v) is 8.66. The van der Waals surface area contributed by atoms with Crippen LogP contribution in [0.5, 0.6) is 0 Å². The first-order chi connectivity index (χ1) is 12.9. The van der Waals surface area contributed by atoms with Crippen molar-refractivity contribution in [2.24, 2.45) is 11.7 Å². The molecule has 12 nitrogen and oxygen atoms in total. The van der Waals surface area contributed by atoms with Gasteiger partial charge >= 0.3 is 11.9 Å². The van der Waals surface area contributed by atoms with E-state index in [-0.39, 0.29) is 0 Å².